The first-order chi connectivity index (χ1) is 13.8. The maximum atomic E-state index is 12.9. The van der Waals surface area contributed by atoms with Crippen LogP contribution in [0.1, 0.15) is 11.1 Å². The third-order valence-corrected chi connectivity index (χ3v) is 5.17. The van der Waals surface area contributed by atoms with Gasteiger partial charge in [-0.15, -0.1) is 0 Å². The Morgan fingerprint density at radius 3 is 2.45 bits per heavy atom. The summed E-state index contributed by atoms with van der Waals surface area (Å²) in [5.74, 6) is -1.31. The molecule has 148 valence electrons. The highest BCUT2D eigenvalue weighted by Gasteiger charge is 2.55. The van der Waals surface area contributed by atoms with Gasteiger partial charge < -0.3 is 5.32 Å². The van der Waals surface area contributed by atoms with E-state index in [4.69, 9.17) is 11.6 Å². The average molecular weight is 412 g/mol. The van der Waals surface area contributed by atoms with Gasteiger partial charge in [0, 0.05) is 0 Å². The fourth-order valence-electron chi connectivity index (χ4n) is 3.36. The van der Waals surface area contributed by atoms with Gasteiger partial charge in [0.15, 0.2) is 12.1 Å². The molecule has 8 nitrogen and oxygen atoms in total. The van der Waals surface area contributed by atoms with Crippen molar-refractivity contribution < 1.29 is 14.4 Å². The quantitative estimate of drug-likeness (QED) is 0.782. The van der Waals surface area contributed by atoms with Gasteiger partial charge in [-0.2, -0.15) is 5.11 Å². The lowest BCUT2D eigenvalue weighted by Gasteiger charge is -2.20. The van der Waals surface area contributed by atoms with Crippen molar-refractivity contribution in [2.45, 2.75) is 25.9 Å². The van der Waals surface area contributed by atoms with E-state index >= 15 is 0 Å². The normalized spacial score (nSPS) is 20.4. The van der Waals surface area contributed by atoms with Crippen LogP contribution < -0.4 is 10.2 Å². The summed E-state index contributed by atoms with van der Waals surface area (Å²) >= 11 is 6.14. The van der Waals surface area contributed by atoms with E-state index in [0.717, 1.165) is 16.0 Å². The molecule has 2 aliphatic rings. The molecule has 2 aliphatic heterocycles. The number of hydrogen-bond acceptors (Lipinski definition) is 6. The number of halogens is 1. The lowest BCUT2D eigenvalue weighted by molar-refractivity contribution is -0.123. The second kappa shape index (κ2) is 7.29. The van der Waals surface area contributed by atoms with Crippen molar-refractivity contribution in [1.82, 2.24) is 5.01 Å². The first-order valence-electron chi connectivity index (χ1n) is 9.03. The number of nitrogens with zero attached hydrogens (tertiary/aromatic N) is 4. The van der Waals surface area contributed by atoms with Crippen molar-refractivity contribution in [2.75, 3.05) is 16.8 Å². The van der Waals surface area contributed by atoms with E-state index in [1.54, 1.807) is 24.3 Å². The maximum Gasteiger partial charge on any atom is 0.263 e. The third kappa shape index (κ3) is 3.47. The van der Waals surface area contributed by atoms with Gasteiger partial charge in [0.25, 0.3) is 11.8 Å². The maximum absolute atomic E-state index is 12.9. The molecular weight excluding hydrogens is 394 g/mol. The standard InChI is InChI=1S/C20H18ClN5O3/c1-11-3-6-13(7-4-11)26-19(28)17-18(20(26)29)25(24-23-17)10-16(27)22-15-8-5-12(2)9-14(15)21/h3-9,17-18H,10H2,1-2H3,(H,22,27)/t17-,18+/m0/s1. The van der Waals surface area contributed by atoms with E-state index in [2.05, 4.69) is 15.7 Å². The minimum absolute atomic E-state index is 0.227. The predicted octanol–water partition coefficient (Wildman–Crippen LogP) is 2.89. The van der Waals surface area contributed by atoms with Gasteiger partial charge in [-0.05, 0) is 43.7 Å². The molecule has 0 radical (unpaired) electrons. The Labute approximate surface area is 172 Å². The molecule has 2 aromatic carbocycles. The highest BCUT2D eigenvalue weighted by Crippen LogP contribution is 2.32. The van der Waals surface area contributed by atoms with Crippen LogP contribution in [0.2, 0.25) is 5.02 Å². The molecule has 2 aromatic rings. The van der Waals surface area contributed by atoms with E-state index in [0.29, 0.717) is 16.4 Å². The zero-order valence-corrected chi connectivity index (χ0v) is 16.6. The van der Waals surface area contributed by atoms with Crippen molar-refractivity contribution in [3.05, 3.63) is 58.6 Å². The highest BCUT2D eigenvalue weighted by molar-refractivity contribution is 6.33. The Bertz CT molecular complexity index is 1040. The van der Waals surface area contributed by atoms with Gasteiger partial charge in [-0.25, -0.2) is 4.90 Å². The number of aryl methyl sites for hydroxylation is 2. The van der Waals surface area contributed by atoms with Gasteiger partial charge in [0.1, 0.15) is 6.54 Å². The number of carbonyl (C=O) groups is 3. The fraction of sp³-hybridized carbons (Fsp3) is 0.250. The second-order valence-electron chi connectivity index (χ2n) is 7.07. The molecule has 9 heteroatoms. The number of benzene rings is 2. The van der Waals surface area contributed by atoms with Crippen molar-refractivity contribution in [2.24, 2.45) is 10.3 Å². The lowest BCUT2D eigenvalue weighted by atomic mass is 10.1. The number of carbonyl (C=O) groups excluding carboxylic acids is 3. The van der Waals surface area contributed by atoms with E-state index in [1.165, 1.54) is 5.01 Å². The Morgan fingerprint density at radius 1 is 1.07 bits per heavy atom. The van der Waals surface area contributed by atoms with Crippen molar-refractivity contribution >= 4 is 40.7 Å². The number of imide groups is 1. The molecule has 0 saturated carbocycles. The van der Waals surface area contributed by atoms with Crippen LogP contribution >= 0.6 is 11.6 Å². The number of amides is 3. The summed E-state index contributed by atoms with van der Waals surface area (Å²) < 4.78 is 0. The monoisotopic (exact) mass is 411 g/mol. The van der Waals surface area contributed by atoms with Crippen LogP contribution in [0, 0.1) is 13.8 Å². The van der Waals surface area contributed by atoms with Gasteiger partial charge >= 0.3 is 0 Å². The molecule has 3 amide bonds. The summed E-state index contributed by atoms with van der Waals surface area (Å²) in [5, 5.41) is 12.2. The Hall–Kier alpha value is -3.26. The number of fused-ring (bicyclic) bond motifs is 1. The SMILES string of the molecule is Cc1ccc(N2C(=O)[C@H]3N=NN(CC(=O)Nc4ccc(C)cc4Cl)[C@H]3C2=O)cc1. The molecule has 1 N–H and O–H groups in total. The summed E-state index contributed by atoms with van der Waals surface area (Å²) in [6, 6.07) is 10.5. The second-order valence-corrected chi connectivity index (χ2v) is 7.48. The topological polar surface area (TPSA) is 94.4 Å². The summed E-state index contributed by atoms with van der Waals surface area (Å²) in [6.45, 7) is 3.58. The van der Waals surface area contributed by atoms with Crippen LogP contribution in [-0.4, -0.2) is 41.4 Å². The minimum atomic E-state index is -0.945. The molecule has 0 aromatic heterocycles. The number of anilines is 2. The Kier molecular flexibility index (Phi) is 4.79. The first kappa shape index (κ1) is 19.1. The van der Waals surface area contributed by atoms with Crippen LogP contribution in [0.4, 0.5) is 11.4 Å². The lowest BCUT2D eigenvalue weighted by Crippen LogP contribution is -2.43. The molecular formula is C20H18ClN5O3. The molecule has 2 heterocycles. The zero-order valence-electron chi connectivity index (χ0n) is 15.8. The van der Waals surface area contributed by atoms with Crippen LogP contribution in [0.15, 0.2) is 52.8 Å². The fourth-order valence-corrected chi connectivity index (χ4v) is 3.64. The van der Waals surface area contributed by atoms with Crippen molar-refractivity contribution in [1.29, 1.82) is 0 Å². The van der Waals surface area contributed by atoms with Crippen molar-refractivity contribution in [3.8, 4) is 0 Å². The van der Waals surface area contributed by atoms with E-state index in [9.17, 15) is 14.4 Å². The van der Waals surface area contributed by atoms with E-state index < -0.39 is 29.8 Å². The van der Waals surface area contributed by atoms with Crippen molar-refractivity contribution in [3.63, 3.8) is 0 Å². The van der Waals surface area contributed by atoms with Crippen LogP contribution in [-0.2, 0) is 14.4 Å². The summed E-state index contributed by atoms with van der Waals surface area (Å²) in [6.07, 6.45) is 0. The van der Waals surface area contributed by atoms with Crippen LogP contribution in [0.3, 0.4) is 0 Å². The van der Waals surface area contributed by atoms with Gasteiger partial charge in [-0.1, -0.05) is 40.6 Å². The summed E-state index contributed by atoms with van der Waals surface area (Å²) in [5.41, 5.74) is 2.92. The summed E-state index contributed by atoms with van der Waals surface area (Å²) in [7, 11) is 0. The van der Waals surface area contributed by atoms with E-state index in [1.807, 2.05) is 32.0 Å². The van der Waals surface area contributed by atoms with Gasteiger partial charge in [0.2, 0.25) is 5.91 Å². The molecule has 0 aliphatic carbocycles. The smallest absolute Gasteiger partial charge is 0.263 e. The van der Waals surface area contributed by atoms with Gasteiger partial charge in [0.05, 0.1) is 16.4 Å². The Balaban J connectivity index is 1.49. The average Bonchev–Trinajstić information content (AvgIpc) is 3.19. The molecule has 1 fully saturated rings. The largest absolute Gasteiger partial charge is 0.323 e. The third-order valence-electron chi connectivity index (χ3n) is 4.85. The first-order valence-corrected chi connectivity index (χ1v) is 9.41. The number of rotatable bonds is 4. The highest BCUT2D eigenvalue weighted by atomic mass is 35.5. The molecule has 4 rings (SSSR count). The number of nitrogens with one attached hydrogen (secondary N) is 1. The zero-order chi connectivity index (χ0) is 20.7. The number of hydrogen-bond donors (Lipinski definition) is 1. The molecule has 29 heavy (non-hydrogen) atoms. The van der Waals surface area contributed by atoms with Crippen LogP contribution in [0.5, 0.6) is 0 Å². The van der Waals surface area contributed by atoms with Gasteiger partial charge in [-0.3, -0.25) is 19.4 Å². The Morgan fingerprint density at radius 2 is 1.76 bits per heavy atom. The molecule has 0 bridgehead atoms. The molecule has 0 unspecified atom stereocenters. The minimum Gasteiger partial charge on any atom is -0.323 e. The predicted molar refractivity (Wildman–Crippen MR) is 108 cm³/mol. The molecule has 2 atom stereocenters. The van der Waals surface area contributed by atoms with Crippen LogP contribution in [0.25, 0.3) is 0 Å². The van der Waals surface area contributed by atoms with E-state index in [-0.39, 0.29) is 6.54 Å². The summed E-state index contributed by atoms with van der Waals surface area (Å²) in [4.78, 5) is 39.2. The molecule has 0 spiro atoms. The molecule has 1 saturated heterocycles.